The van der Waals surface area contributed by atoms with Crippen LogP contribution < -0.4 is 9.80 Å². The minimum absolute atomic E-state index is 1.06. The van der Waals surface area contributed by atoms with Crippen molar-refractivity contribution in [3.05, 3.63) is 437 Å². The zero-order valence-corrected chi connectivity index (χ0v) is 60.5. The Morgan fingerprint density at radius 2 is 0.400 bits per heavy atom. The van der Waals surface area contributed by atoms with Gasteiger partial charge in [0.2, 0.25) is 0 Å². The van der Waals surface area contributed by atoms with Gasteiger partial charge in [0, 0.05) is 44.4 Å². The van der Waals surface area contributed by atoms with E-state index in [1.807, 2.05) is 0 Å². The quantitative estimate of drug-likeness (QED) is 0.0944. The summed E-state index contributed by atoms with van der Waals surface area (Å²) >= 11 is 0. The highest BCUT2D eigenvalue weighted by atomic mass is 15.2. The SMILES string of the molecule is c1ccc(-c2cccc(-c3ccc(N(c4ccccc4-c4ccccc4)c4c(-c5cccc6cc(-c7ccc(-c8ccc(-c9ccc(N(c%10ccccc%10-c%10ccccc%10)c%10c(-c%11cccc%12ccccc%11%12)c%11ccccc%11c%11ccccc%10%11)cc9)cc8)cc7)ccc56)c5ccccc5c5ccccc45)cc3)c2)cc1. The molecule has 20 rings (SSSR count). The molecular weight excluding hydrogens is 1330 g/mol. The van der Waals surface area contributed by atoms with Crippen LogP contribution in [0.1, 0.15) is 0 Å². The van der Waals surface area contributed by atoms with Gasteiger partial charge in [-0.05, 0) is 180 Å². The minimum atomic E-state index is 1.06. The van der Waals surface area contributed by atoms with Gasteiger partial charge in [0.25, 0.3) is 0 Å². The minimum Gasteiger partial charge on any atom is -0.309 e. The second-order valence-corrected chi connectivity index (χ2v) is 28.5. The summed E-state index contributed by atoms with van der Waals surface area (Å²) < 4.78 is 0. The van der Waals surface area contributed by atoms with E-state index in [4.69, 9.17) is 0 Å². The van der Waals surface area contributed by atoms with Crippen molar-refractivity contribution in [2.45, 2.75) is 0 Å². The first-order valence-corrected chi connectivity index (χ1v) is 37.9. The van der Waals surface area contributed by atoms with Crippen molar-refractivity contribution in [1.82, 2.24) is 0 Å². The van der Waals surface area contributed by atoms with Crippen molar-refractivity contribution in [2.24, 2.45) is 0 Å². The van der Waals surface area contributed by atoms with Gasteiger partial charge in [0.1, 0.15) is 0 Å². The predicted octanol–water partition coefficient (Wildman–Crippen LogP) is 30.5. The molecule has 0 radical (unpaired) electrons. The van der Waals surface area contributed by atoms with E-state index in [1.54, 1.807) is 0 Å². The molecule has 0 saturated carbocycles. The van der Waals surface area contributed by atoms with Crippen LogP contribution in [0.4, 0.5) is 34.1 Å². The van der Waals surface area contributed by atoms with E-state index in [2.05, 4.69) is 447 Å². The highest BCUT2D eigenvalue weighted by Crippen LogP contribution is 2.55. The molecule has 0 saturated heterocycles. The van der Waals surface area contributed by atoms with Gasteiger partial charge in [-0.2, -0.15) is 0 Å². The lowest BCUT2D eigenvalue weighted by Gasteiger charge is -2.32. The normalized spacial score (nSPS) is 11.5. The Balaban J connectivity index is 0.651. The zero-order valence-electron chi connectivity index (χ0n) is 60.5. The lowest BCUT2D eigenvalue weighted by Crippen LogP contribution is -2.13. The molecule has 0 aliphatic rings. The molecule has 0 N–H and O–H groups in total. The highest BCUT2D eigenvalue weighted by molar-refractivity contribution is 6.26. The van der Waals surface area contributed by atoms with Crippen molar-refractivity contribution in [3.8, 4) is 100 Å². The molecule has 0 fully saturated rings. The van der Waals surface area contributed by atoms with Gasteiger partial charge in [-0.1, -0.05) is 388 Å². The van der Waals surface area contributed by atoms with Gasteiger partial charge in [-0.15, -0.1) is 0 Å². The summed E-state index contributed by atoms with van der Waals surface area (Å²) in [5.41, 5.74) is 27.6. The maximum atomic E-state index is 2.54. The van der Waals surface area contributed by atoms with Crippen LogP contribution in [-0.4, -0.2) is 0 Å². The van der Waals surface area contributed by atoms with E-state index in [-0.39, 0.29) is 0 Å². The van der Waals surface area contributed by atoms with E-state index >= 15 is 0 Å². The fraction of sp³-hybridized carbons (Fsp3) is 0. The average Bonchev–Trinajstić information content (AvgIpc) is 0.724. The van der Waals surface area contributed by atoms with Crippen LogP contribution in [0.5, 0.6) is 0 Å². The summed E-state index contributed by atoms with van der Waals surface area (Å²) in [6.07, 6.45) is 0. The molecule has 514 valence electrons. The van der Waals surface area contributed by atoms with Crippen LogP contribution in [0, 0.1) is 0 Å². The Morgan fingerprint density at radius 3 is 0.845 bits per heavy atom. The van der Waals surface area contributed by atoms with Crippen molar-refractivity contribution in [1.29, 1.82) is 0 Å². The summed E-state index contributed by atoms with van der Waals surface area (Å²) in [5.74, 6) is 0. The first kappa shape index (κ1) is 65.1. The van der Waals surface area contributed by atoms with E-state index < -0.39 is 0 Å². The number of nitrogens with zero attached hydrogens (tertiary/aromatic N) is 2. The van der Waals surface area contributed by atoms with Crippen LogP contribution in [0.25, 0.3) is 165 Å². The number of anilines is 6. The number of hydrogen-bond donors (Lipinski definition) is 0. The van der Waals surface area contributed by atoms with Gasteiger partial charge in [0.15, 0.2) is 0 Å². The molecule has 0 atom stereocenters. The molecule has 0 amide bonds. The van der Waals surface area contributed by atoms with Crippen LogP contribution in [0.3, 0.4) is 0 Å². The monoisotopic (exact) mass is 1400 g/mol. The molecule has 0 heterocycles. The number of rotatable bonds is 15. The lowest BCUT2D eigenvalue weighted by atomic mass is 9.87. The molecule has 0 spiro atoms. The number of fused-ring (bicyclic) bond motifs is 8. The standard InChI is InChI=1S/C108H72N2/c1-4-27-73(28-5-1)83-35-24-36-84(71-83)79-63-68-88(69-64-79)110(104-52-23-21-40-92(104)82-31-8-3-9-32-82)108-102-48-19-15-44-96(102)94-42-13-17-46-100(94)106(108)98-50-26-37-86-72-85(65-70-90(86)98)78-59-57-75(58-60-78)74-53-55-76(56-54-74)77-61-66-87(67-62-77)109(103-51-22-20-39-91(103)81-29-6-2-7-30-81)107-101-47-18-14-43-95(101)93-41-12-16-45-99(93)105(107)97-49-25-34-80-33-10-11-38-89(80)97/h1-72H. The summed E-state index contributed by atoms with van der Waals surface area (Å²) in [5, 5.41) is 14.4. The summed E-state index contributed by atoms with van der Waals surface area (Å²) in [7, 11) is 0. The molecule has 0 aliphatic heterocycles. The maximum absolute atomic E-state index is 2.54. The van der Waals surface area contributed by atoms with E-state index in [0.29, 0.717) is 0 Å². The third-order valence-corrected chi connectivity index (χ3v) is 22.3. The van der Waals surface area contributed by atoms with Gasteiger partial charge in [-0.3, -0.25) is 0 Å². The predicted molar refractivity (Wildman–Crippen MR) is 470 cm³/mol. The van der Waals surface area contributed by atoms with E-state index in [0.717, 1.165) is 95.3 Å². The van der Waals surface area contributed by atoms with Crippen LogP contribution >= 0.6 is 0 Å². The fourth-order valence-electron chi connectivity index (χ4n) is 17.0. The largest absolute Gasteiger partial charge is 0.309 e. The molecule has 0 aliphatic carbocycles. The molecule has 2 nitrogen and oxygen atoms in total. The van der Waals surface area contributed by atoms with Gasteiger partial charge in [0.05, 0.1) is 22.7 Å². The van der Waals surface area contributed by atoms with Gasteiger partial charge in [-0.25, -0.2) is 0 Å². The average molecular weight is 1400 g/mol. The molecule has 110 heavy (non-hydrogen) atoms. The summed E-state index contributed by atoms with van der Waals surface area (Å²) in [6.45, 7) is 0. The Labute approximate surface area is 641 Å². The Morgan fingerprint density at radius 1 is 0.136 bits per heavy atom. The zero-order chi connectivity index (χ0) is 72.9. The number of para-hydroxylation sites is 2. The number of hydrogen-bond acceptors (Lipinski definition) is 2. The van der Waals surface area contributed by atoms with Crippen LogP contribution in [0.2, 0.25) is 0 Å². The van der Waals surface area contributed by atoms with Crippen molar-refractivity contribution in [2.75, 3.05) is 9.80 Å². The van der Waals surface area contributed by atoms with Crippen molar-refractivity contribution in [3.63, 3.8) is 0 Å². The third kappa shape index (κ3) is 11.7. The van der Waals surface area contributed by atoms with E-state index in [9.17, 15) is 0 Å². The first-order valence-electron chi connectivity index (χ1n) is 37.9. The molecule has 0 unspecified atom stereocenters. The van der Waals surface area contributed by atoms with Crippen LogP contribution in [0.15, 0.2) is 437 Å². The highest BCUT2D eigenvalue weighted by Gasteiger charge is 2.29. The smallest absolute Gasteiger partial charge is 0.0625 e. The second-order valence-electron chi connectivity index (χ2n) is 28.5. The van der Waals surface area contributed by atoms with Gasteiger partial charge < -0.3 is 9.80 Å². The Hall–Kier alpha value is -14.4. The van der Waals surface area contributed by atoms with Crippen molar-refractivity contribution >= 4 is 98.8 Å². The topological polar surface area (TPSA) is 6.48 Å². The summed E-state index contributed by atoms with van der Waals surface area (Å²) in [4.78, 5) is 5.06. The third-order valence-electron chi connectivity index (χ3n) is 22.3. The molecule has 2 heteroatoms. The second kappa shape index (κ2) is 28.1. The maximum Gasteiger partial charge on any atom is 0.0625 e. The van der Waals surface area contributed by atoms with E-state index in [1.165, 1.54) is 104 Å². The number of benzene rings is 20. The van der Waals surface area contributed by atoms with Crippen LogP contribution in [-0.2, 0) is 0 Å². The Bertz CT molecular complexity index is 6840. The van der Waals surface area contributed by atoms with Crippen molar-refractivity contribution < 1.29 is 0 Å². The van der Waals surface area contributed by atoms with Gasteiger partial charge >= 0.3 is 0 Å². The molecule has 0 aromatic heterocycles. The summed E-state index contributed by atoms with van der Waals surface area (Å²) in [6, 6.07) is 161. The lowest BCUT2D eigenvalue weighted by molar-refractivity contribution is 1.30. The Kier molecular flexibility index (Phi) is 16.6. The first-order chi connectivity index (χ1) is 54.6. The molecule has 20 aromatic rings. The molecule has 20 aromatic carbocycles. The fourth-order valence-corrected chi connectivity index (χ4v) is 17.0. The molecule has 0 bridgehead atoms. The molecular formula is C108H72N2.